The van der Waals surface area contributed by atoms with Crippen LogP contribution in [0.1, 0.15) is 19.3 Å². The Kier molecular flexibility index (Phi) is 6.16. The van der Waals surface area contributed by atoms with Gasteiger partial charge in [-0.1, -0.05) is 0 Å². The van der Waals surface area contributed by atoms with E-state index in [0.717, 1.165) is 0 Å². The summed E-state index contributed by atoms with van der Waals surface area (Å²) in [5.41, 5.74) is 0. The summed E-state index contributed by atoms with van der Waals surface area (Å²) in [5, 5.41) is 18.2. The number of carbonyl (C=O) groups is 1. The largest absolute Gasteiger partial charge is 0.497 e. The van der Waals surface area contributed by atoms with E-state index in [1.54, 1.807) is 12.1 Å². The number of aliphatic carboxylic acids is 1. The average Bonchev–Trinajstić information content (AvgIpc) is 2.55. The maximum atomic E-state index is 12.4. The zero-order valence-corrected chi connectivity index (χ0v) is 14.0. The maximum absolute atomic E-state index is 12.4. The lowest BCUT2D eigenvalue weighted by Gasteiger charge is -2.35. The van der Waals surface area contributed by atoms with Crippen molar-refractivity contribution in [2.75, 3.05) is 13.7 Å². The van der Waals surface area contributed by atoms with Crippen molar-refractivity contribution >= 4 is 16.0 Å². The molecule has 3 atom stereocenters. The van der Waals surface area contributed by atoms with Gasteiger partial charge in [-0.3, -0.25) is 4.79 Å². The molecule has 1 aromatic rings. The number of rotatable bonds is 7. The predicted octanol–water partition coefficient (Wildman–Crippen LogP) is 0.357. The molecule has 0 aliphatic carbocycles. The molecule has 8 nitrogen and oxygen atoms in total. The van der Waals surface area contributed by atoms with Crippen molar-refractivity contribution in [2.45, 2.75) is 42.4 Å². The summed E-state index contributed by atoms with van der Waals surface area (Å²) in [6.07, 6.45) is -0.691. The van der Waals surface area contributed by atoms with Gasteiger partial charge in [-0.2, -0.15) is 0 Å². The fourth-order valence-corrected chi connectivity index (χ4v) is 3.93. The van der Waals surface area contributed by atoms with Gasteiger partial charge in [-0.05, 0) is 37.1 Å². The van der Waals surface area contributed by atoms with Crippen molar-refractivity contribution in [2.24, 2.45) is 0 Å². The lowest BCUT2D eigenvalue weighted by Crippen LogP contribution is -2.51. The number of hydrogen-bond donors (Lipinski definition) is 3. The molecule has 0 spiro atoms. The molecule has 0 saturated carbocycles. The third kappa shape index (κ3) is 4.67. The number of benzene rings is 1. The van der Waals surface area contributed by atoms with Crippen LogP contribution in [0, 0.1) is 0 Å². The first-order valence-corrected chi connectivity index (χ1v) is 8.98. The van der Waals surface area contributed by atoms with Gasteiger partial charge in [-0.25, -0.2) is 13.1 Å². The summed E-state index contributed by atoms with van der Waals surface area (Å²) in [6.45, 7) is -0.397. The average molecular weight is 359 g/mol. The number of nitrogens with one attached hydrogen (secondary N) is 1. The van der Waals surface area contributed by atoms with E-state index in [1.165, 1.54) is 19.2 Å². The third-order valence-electron chi connectivity index (χ3n) is 3.87. The van der Waals surface area contributed by atoms with E-state index in [4.69, 9.17) is 14.6 Å². The Morgan fingerprint density at radius 1 is 1.33 bits per heavy atom. The number of methoxy groups -OCH3 is 1. The second-order valence-corrected chi connectivity index (χ2v) is 7.27. The van der Waals surface area contributed by atoms with Crippen molar-refractivity contribution in [1.29, 1.82) is 0 Å². The minimum atomic E-state index is -3.78. The summed E-state index contributed by atoms with van der Waals surface area (Å²) < 4.78 is 37.9. The molecular formula is C15H21NO7S. The Hall–Kier alpha value is -1.68. The van der Waals surface area contributed by atoms with Gasteiger partial charge in [0.15, 0.2) is 0 Å². The molecule has 24 heavy (non-hydrogen) atoms. The van der Waals surface area contributed by atoms with Crippen LogP contribution in [0.4, 0.5) is 0 Å². The van der Waals surface area contributed by atoms with Crippen molar-refractivity contribution < 1.29 is 32.9 Å². The molecule has 0 amide bonds. The Labute approximate surface area is 140 Å². The van der Waals surface area contributed by atoms with Gasteiger partial charge in [0.2, 0.25) is 10.0 Å². The number of carboxylic acids is 1. The SMILES string of the molecule is COc1ccc(S(=O)(=O)N[C@@H]2CC[C@H](CC(=O)O)O[C@@H]2CO)cc1. The highest BCUT2D eigenvalue weighted by atomic mass is 32.2. The van der Waals surface area contributed by atoms with Gasteiger partial charge in [0.25, 0.3) is 0 Å². The molecule has 0 bridgehead atoms. The quantitative estimate of drug-likeness (QED) is 0.642. The molecule has 2 rings (SSSR count). The van der Waals surface area contributed by atoms with Crippen LogP contribution in [0.25, 0.3) is 0 Å². The van der Waals surface area contributed by atoms with Gasteiger partial charge in [0, 0.05) is 0 Å². The highest BCUT2D eigenvalue weighted by Crippen LogP contribution is 2.24. The molecule has 0 aromatic heterocycles. The van der Waals surface area contributed by atoms with Crippen LogP contribution in [-0.4, -0.2) is 56.6 Å². The molecule has 3 N–H and O–H groups in total. The van der Waals surface area contributed by atoms with Crippen molar-refractivity contribution in [3.05, 3.63) is 24.3 Å². The maximum Gasteiger partial charge on any atom is 0.305 e. The van der Waals surface area contributed by atoms with E-state index < -0.39 is 40.8 Å². The molecule has 1 heterocycles. The highest BCUT2D eigenvalue weighted by molar-refractivity contribution is 7.89. The highest BCUT2D eigenvalue weighted by Gasteiger charge is 2.34. The predicted molar refractivity (Wildman–Crippen MR) is 84.3 cm³/mol. The fraction of sp³-hybridized carbons (Fsp3) is 0.533. The Morgan fingerprint density at radius 3 is 2.54 bits per heavy atom. The van der Waals surface area contributed by atoms with E-state index in [0.29, 0.717) is 18.6 Å². The molecule has 1 aliphatic rings. The van der Waals surface area contributed by atoms with Crippen LogP contribution in [0.2, 0.25) is 0 Å². The first-order valence-electron chi connectivity index (χ1n) is 7.50. The van der Waals surface area contributed by atoms with E-state index >= 15 is 0 Å². The summed E-state index contributed by atoms with van der Waals surface area (Å²) in [5.74, 6) is -0.450. The fourth-order valence-electron chi connectivity index (χ4n) is 2.63. The third-order valence-corrected chi connectivity index (χ3v) is 5.38. The molecular weight excluding hydrogens is 338 g/mol. The minimum absolute atomic E-state index is 0.0765. The minimum Gasteiger partial charge on any atom is -0.497 e. The van der Waals surface area contributed by atoms with Crippen LogP contribution >= 0.6 is 0 Å². The molecule has 1 aromatic carbocycles. The van der Waals surface area contributed by atoms with E-state index in [1.807, 2.05) is 0 Å². The van der Waals surface area contributed by atoms with Crippen LogP contribution < -0.4 is 9.46 Å². The number of sulfonamides is 1. The Bertz CT molecular complexity index is 659. The summed E-state index contributed by atoms with van der Waals surface area (Å²) in [7, 11) is -2.29. The lowest BCUT2D eigenvalue weighted by molar-refractivity contribution is -0.145. The summed E-state index contributed by atoms with van der Waals surface area (Å²) >= 11 is 0. The Morgan fingerprint density at radius 2 is 2.00 bits per heavy atom. The van der Waals surface area contributed by atoms with Gasteiger partial charge in [-0.15, -0.1) is 0 Å². The Balaban J connectivity index is 2.06. The van der Waals surface area contributed by atoms with Crippen LogP contribution in [0.5, 0.6) is 5.75 Å². The second kappa shape index (κ2) is 7.93. The standard InChI is InChI=1S/C15H21NO7S/c1-22-10-2-5-12(6-3-10)24(20,21)16-13-7-4-11(8-15(18)19)23-14(13)9-17/h2-3,5-6,11,13-14,16-17H,4,7-9H2,1H3,(H,18,19)/t11-,13-,14-/m1/s1. The van der Waals surface area contributed by atoms with Crippen molar-refractivity contribution in [3.8, 4) is 5.75 Å². The smallest absolute Gasteiger partial charge is 0.305 e. The molecule has 1 saturated heterocycles. The number of aliphatic hydroxyl groups excluding tert-OH is 1. The zero-order valence-electron chi connectivity index (χ0n) is 13.2. The van der Waals surface area contributed by atoms with Gasteiger partial charge in [0.05, 0.1) is 43.3 Å². The van der Waals surface area contributed by atoms with Crippen molar-refractivity contribution in [3.63, 3.8) is 0 Å². The van der Waals surface area contributed by atoms with Gasteiger partial charge < -0.3 is 19.7 Å². The van der Waals surface area contributed by atoms with Crippen LogP contribution in [-0.2, 0) is 19.6 Å². The first kappa shape index (κ1) is 18.7. The molecule has 1 aliphatic heterocycles. The van der Waals surface area contributed by atoms with Gasteiger partial charge >= 0.3 is 5.97 Å². The van der Waals surface area contributed by atoms with E-state index in [2.05, 4.69) is 4.72 Å². The van der Waals surface area contributed by atoms with Gasteiger partial charge in [0.1, 0.15) is 5.75 Å². The van der Waals surface area contributed by atoms with Crippen molar-refractivity contribution in [1.82, 2.24) is 4.72 Å². The van der Waals surface area contributed by atoms with E-state index in [9.17, 15) is 18.3 Å². The van der Waals surface area contributed by atoms with Crippen LogP contribution in [0.15, 0.2) is 29.2 Å². The molecule has 1 fully saturated rings. The second-order valence-electron chi connectivity index (χ2n) is 5.56. The zero-order chi connectivity index (χ0) is 17.7. The van der Waals surface area contributed by atoms with Crippen LogP contribution in [0.3, 0.4) is 0 Å². The molecule has 0 radical (unpaired) electrons. The molecule has 0 unspecified atom stereocenters. The molecule has 9 heteroatoms. The first-order chi connectivity index (χ1) is 11.4. The number of hydrogen-bond acceptors (Lipinski definition) is 6. The lowest BCUT2D eigenvalue weighted by atomic mass is 9.98. The summed E-state index contributed by atoms with van der Waals surface area (Å²) in [6, 6.07) is 5.31. The van der Waals surface area contributed by atoms with E-state index in [-0.39, 0.29) is 11.3 Å². The number of carboxylic acid groups (broad SMARTS) is 1. The summed E-state index contributed by atoms with van der Waals surface area (Å²) in [4.78, 5) is 10.8. The number of aliphatic hydroxyl groups is 1. The number of ether oxygens (including phenoxy) is 2. The molecule has 134 valence electrons. The normalized spacial score (nSPS) is 24.5. The monoisotopic (exact) mass is 359 g/mol. The topological polar surface area (TPSA) is 122 Å².